The zero-order valence-corrected chi connectivity index (χ0v) is 8.78. The lowest BCUT2D eigenvalue weighted by Crippen LogP contribution is -2.33. The molecule has 3 heteroatoms. The molecule has 1 N–H and O–H groups in total. The third-order valence-electron chi connectivity index (χ3n) is 2.43. The van der Waals surface area contributed by atoms with E-state index in [1.165, 1.54) is 18.6 Å². The van der Waals surface area contributed by atoms with E-state index in [1.54, 1.807) is 0 Å². The van der Waals surface area contributed by atoms with Gasteiger partial charge >= 0.3 is 0 Å². The molecule has 1 aliphatic heterocycles. The van der Waals surface area contributed by atoms with Crippen LogP contribution in [0.4, 0.5) is 0 Å². The third kappa shape index (κ3) is 2.41. The summed E-state index contributed by atoms with van der Waals surface area (Å²) in [5.74, 6) is 2.06. The normalized spacial score (nSPS) is 20.2. The van der Waals surface area contributed by atoms with Crippen molar-refractivity contribution in [2.75, 3.05) is 18.6 Å². The van der Waals surface area contributed by atoms with E-state index < -0.39 is 0 Å². The zero-order chi connectivity index (χ0) is 8.97. The van der Waals surface area contributed by atoms with Gasteiger partial charge in [0, 0.05) is 19.0 Å². The first-order chi connectivity index (χ1) is 5.75. The van der Waals surface area contributed by atoms with E-state index in [4.69, 9.17) is 5.41 Å². The Hall–Kier alpha value is -0.180. The van der Waals surface area contributed by atoms with Gasteiger partial charge in [-0.2, -0.15) is 11.8 Å². The Kier molecular flexibility index (Phi) is 3.92. The molecule has 0 aromatic heterocycles. The molecule has 1 atom stereocenters. The third-order valence-corrected chi connectivity index (χ3v) is 3.08. The Morgan fingerprint density at radius 2 is 2.42 bits per heavy atom. The number of nitrogens with one attached hydrogen (secondary N) is 1. The molecule has 0 spiro atoms. The molecule has 1 heterocycles. The fourth-order valence-electron chi connectivity index (χ4n) is 1.63. The number of nitrogens with zero attached hydrogens (tertiary/aromatic N) is 1. The van der Waals surface area contributed by atoms with Crippen LogP contribution in [-0.2, 0) is 0 Å². The van der Waals surface area contributed by atoms with Gasteiger partial charge in [0.1, 0.15) is 0 Å². The van der Waals surface area contributed by atoms with Crippen molar-refractivity contribution >= 4 is 17.6 Å². The molecule has 1 unspecified atom stereocenters. The average molecular weight is 186 g/mol. The molecule has 70 valence electrons. The molecule has 12 heavy (non-hydrogen) atoms. The van der Waals surface area contributed by atoms with E-state index in [2.05, 4.69) is 18.1 Å². The van der Waals surface area contributed by atoms with E-state index >= 15 is 0 Å². The molecule has 1 rings (SSSR count). The van der Waals surface area contributed by atoms with Crippen LogP contribution in [0.3, 0.4) is 0 Å². The summed E-state index contributed by atoms with van der Waals surface area (Å²) >= 11 is 1.89. The van der Waals surface area contributed by atoms with Gasteiger partial charge in [-0.05, 0) is 31.8 Å². The highest BCUT2D eigenvalue weighted by atomic mass is 32.2. The fraction of sp³-hybridized carbons (Fsp3) is 0.889. The zero-order valence-electron chi connectivity index (χ0n) is 7.97. The van der Waals surface area contributed by atoms with Gasteiger partial charge in [0.25, 0.3) is 0 Å². The van der Waals surface area contributed by atoms with Crippen molar-refractivity contribution in [2.24, 2.45) is 0 Å². The smallest absolute Gasteiger partial charge is 0.0960 e. The number of rotatable bonds is 4. The van der Waals surface area contributed by atoms with Gasteiger partial charge in [-0.1, -0.05) is 0 Å². The molecule has 0 aromatic carbocycles. The molecule has 0 bridgehead atoms. The SMILES string of the molecule is CSCCC(C)N1CCCC1=N. The van der Waals surface area contributed by atoms with Crippen molar-refractivity contribution in [2.45, 2.75) is 32.2 Å². The van der Waals surface area contributed by atoms with Crippen molar-refractivity contribution in [3.8, 4) is 0 Å². The van der Waals surface area contributed by atoms with E-state index in [-0.39, 0.29) is 0 Å². The Labute approximate surface area is 79.2 Å². The number of hydrogen-bond acceptors (Lipinski definition) is 2. The lowest BCUT2D eigenvalue weighted by molar-refractivity contribution is 0.347. The molecular formula is C9H18N2S. The van der Waals surface area contributed by atoms with Crippen molar-refractivity contribution in [3.05, 3.63) is 0 Å². The number of amidine groups is 1. The number of likely N-dealkylation sites (tertiary alicyclic amines) is 1. The van der Waals surface area contributed by atoms with Gasteiger partial charge in [-0.15, -0.1) is 0 Å². The van der Waals surface area contributed by atoms with Crippen LogP contribution < -0.4 is 0 Å². The van der Waals surface area contributed by atoms with Crippen molar-refractivity contribution in [1.82, 2.24) is 4.90 Å². The lowest BCUT2D eigenvalue weighted by Gasteiger charge is -2.25. The predicted octanol–water partition coefficient (Wildman–Crippen LogP) is 2.20. The number of hydrogen-bond donors (Lipinski definition) is 1. The molecule has 0 amide bonds. The minimum absolute atomic E-state index is 0.576. The quantitative estimate of drug-likeness (QED) is 0.728. The monoisotopic (exact) mass is 186 g/mol. The van der Waals surface area contributed by atoms with Crippen LogP contribution >= 0.6 is 11.8 Å². The first kappa shape index (κ1) is 9.90. The maximum atomic E-state index is 7.69. The van der Waals surface area contributed by atoms with Crippen LogP contribution in [0, 0.1) is 5.41 Å². The van der Waals surface area contributed by atoms with Crippen molar-refractivity contribution < 1.29 is 0 Å². The van der Waals surface area contributed by atoms with E-state index in [9.17, 15) is 0 Å². The summed E-state index contributed by atoms with van der Waals surface area (Å²) in [6.45, 7) is 3.34. The minimum atomic E-state index is 0.576. The molecule has 0 aliphatic carbocycles. The summed E-state index contributed by atoms with van der Waals surface area (Å²) < 4.78 is 0. The predicted molar refractivity (Wildman–Crippen MR) is 56.1 cm³/mol. The largest absolute Gasteiger partial charge is 0.358 e. The van der Waals surface area contributed by atoms with Gasteiger partial charge in [0.05, 0.1) is 5.84 Å². The highest BCUT2D eigenvalue weighted by Gasteiger charge is 2.21. The highest BCUT2D eigenvalue weighted by Crippen LogP contribution is 2.16. The Bertz CT molecular complexity index is 159. The van der Waals surface area contributed by atoms with Gasteiger partial charge < -0.3 is 4.90 Å². The van der Waals surface area contributed by atoms with Crippen LogP contribution in [-0.4, -0.2) is 35.3 Å². The minimum Gasteiger partial charge on any atom is -0.358 e. The Morgan fingerprint density at radius 1 is 1.67 bits per heavy atom. The summed E-state index contributed by atoms with van der Waals surface area (Å²) in [6, 6.07) is 0.576. The number of thioether (sulfide) groups is 1. The Balaban J connectivity index is 2.30. The first-order valence-corrected chi connectivity index (χ1v) is 5.98. The molecule has 0 aromatic rings. The molecule has 1 fully saturated rings. The maximum Gasteiger partial charge on any atom is 0.0960 e. The molecular weight excluding hydrogens is 168 g/mol. The summed E-state index contributed by atoms with van der Waals surface area (Å²) in [4.78, 5) is 2.25. The molecule has 0 radical (unpaired) electrons. The molecule has 1 aliphatic rings. The second kappa shape index (κ2) is 4.75. The summed E-state index contributed by atoms with van der Waals surface area (Å²) in [5.41, 5.74) is 0. The Morgan fingerprint density at radius 3 is 2.92 bits per heavy atom. The fourth-order valence-corrected chi connectivity index (χ4v) is 2.20. The molecule has 2 nitrogen and oxygen atoms in total. The van der Waals surface area contributed by atoms with Gasteiger partial charge in [-0.25, -0.2) is 0 Å². The standard InChI is InChI=1S/C9H18N2S/c1-8(5-7-12-2)11-6-3-4-9(11)10/h8,10H,3-7H2,1-2H3. The lowest BCUT2D eigenvalue weighted by atomic mass is 10.2. The molecule has 0 saturated carbocycles. The van der Waals surface area contributed by atoms with Crippen LogP contribution in [0.2, 0.25) is 0 Å². The van der Waals surface area contributed by atoms with Crippen LogP contribution in [0.1, 0.15) is 26.2 Å². The van der Waals surface area contributed by atoms with Crippen LogP contribution in [0.25, 0.3) is 0 Å². The average Bonchev–Trinajstić information content (AvgIpc) is 2.47. The first-order valence-electron chi connectivity index (χ1n) is 4.58. The summed E-state index contributed by atoms with van der Waals surface area (Å²) in [6.07, 6.45) is 5.53. The van der Waals surface area contributed by atoms with E-state index in [1.807, 2.05) is 11.8 Å². The van der Waals surface area contributed by atoms with Gasteiger partial charge in [-0.3, -0.25) is 5.41 Å². The second-order valence-corrected chi connectivity index (χ2v) is 4.36. The van der Waals surface area contributed by atoms with Crippen molar-refractivity contribution in [3.63, 3.8) is 0 Å². The topological polar surface area (TPSA) is 27.1 Å². The van der Waals surface area contributed by atoms with E-state index in [0.29, 0.717) is 6.04 Å². The van der Waals surface area contributed by atoms with Crippen molar-refractivity contribution in [1.29, 1.82) is 5.41 Å². The highest BCUT2D eigenvalue weighted by molar-refractivity contribution is 7.98. The summed E-state index contributed by atoms with van der Waals surface area (Å²) in [7, 11) is 0. The second-order valence-electron chi connectivity index (χ2n) is 3.37. The summed E-state index contributed by atoms with van der Waals surface area (Å²) in [5, 5.41) is 7.69. The van der Waals surface area contributed by atoms with E-state index in [0.717, 1.165) is 18.8 Å². The van der Waals surface area contributed by atoms with Gasteiger partial charge in [0.15, 0.2) is 0 Å². The molecule has 1 saturated heterocycles. The van der Waals surface area contributed by atoms with Gasteiger partial charge in [0.2, 0.25) is 0 Å². The van der Waals surface area contributed by atoms with Crippen LogP contribution in [0.5, 0.6) is 0 Å². The maximum absolute atomic E-state index is 7.69. The van der Waals surface area contributed by atoms with Crippen LogP contribution in [0.15, 0.2) is 0 Å².